The number of hydroxylamine groups is 1. The van der Waals surface area contributed by atoms with Gasteiger partial charge in [-0.3, -0.25) is 14.3 Å². The van der Waals surface area contributed by atoms with E-state index in [0.717, 1.165) is 21.3 Å². The first-order chi connectivity index (χ1) is 14.0. The third kappa shape index (κ3) is 7.55. The number of nitrogens with zero attached hydrogens (tertiary/aromatic N) is 2. The Morgan fingerprint density at radius 2 is 1.68 bits per heavy atom. The Kier molecular flexibility index (Phi) is 13.1. The Balaban J connectivity index is 0.000000838. The van der Waals surface area contributed by atoms with Crippen LogP contribution in [0.1, 0.15) is 25.3 Å². The second-order valence-corrected chi connectivity index (χ2v) is 11.0. The fourth-order valence-electron chi connectivity index (χ4n) is 3.14. The van der Waals surface area contributed by atoms with Gasteiger partial charge in [-0.1, -0.05) is 13.3 Å². The zero-order valence-electron chi connectivity index (χ0n) is 18.0. The zero-order chi connectivity index (χ0) is 23.0. The van der Waals surface area contributed by atoms with Gasteiger partial charge in [-0.15, -0.1) is 13.1 Å². The number of nitrogens with one attached hydrogen (secondary N) is 1. The molecule has 0 atom stereocenters. The number of hydrogen-bond acceptors (Lipinski definition) is 6. The Labute approximate surface area is 211 Å². The van der Waals surface area contributed by atoms with Crippen molar-refractivity contribution in [2.45, 2.75) is 30.9 Å². The van der Waals surface area contributed by atoms with E-state index in [1.54, 1.807) is 0 Å². The molecule has 0 aliphatic carbocycles. The van der Waals surface area contributed by atoms with Crippen molar-refractivity contribution >= 4 is 26.0 Å². The number of hydrogen-bond donors (Lipinski definition) is 2. The van der Waals surface area contributed by atoms with Crippen molar-refractivity contribution in [2.24, 2.45) is 0 Å². The van der Waals surface area contributed by atoms with Gasteiger partial charge in [0.15, 0.2) is 4.75 Å². The smallest absolute Gasteiger partial charge is 0.329 e. The van der Waals surface area contributed by atoms with Gasteiger partial charge in [0.2, 0.25) is 20.0 Å². The molecule has 12 heteroatoms. The van der Waals surface area contributed by atoms with Crippen molar-refractivity contribution in [3.05, 3.63) is 49.7 Å². The number of sulfonamides is 2. The number of amides is 1. The molecule has 0 aromatic heterocycles. The van der Waals surface area contributed by atoms with Crippen LogP contribution in [0.2, 0.25) is 0 Å². The minimum absolute atomic E-state index is 0. The van der Waals surface area contributed by atoms with Crippen molar-refractivity contribution in [1.82, 2.24) is 14.1 Å². The number of carbonyl (C=O) groups is 1. The Morgan fingerprint density at radius 1 is 1.19 bits per heavy atom. The van der Waals surface area contributed by atoms with Crippen LogP contribution in [-0.4, -0.2) is 73.7 Å². The molecule has 9 nitrogen and oxygen atoms in total. The van der Waals surface area contributed by atoms with Gasteiger partial charge in [0.25, 0.3) is 5.91 Å². The van der Waals surface area contributed by atoms with Crippen molar-refractivity contribution in [3.8, 4) is 0 Å². The number of piperidine rings is 1. The van der Waals surface area contributed by atoms with E-state index in [0.29, 0.717) is 0 Å². The molecule has 2 N–H and O–H groups in total. The molecule has 0 bridgehead atoms. The van der Waals surface area contributed by atoms with Gasteiger partial charge in [-0.05, 0) is 12.8 Å². The molecule has 172 valence electrons. The summed E-state index contributed by atoms with van der Waals surface area (Å²) in [6.07, 6.45) is 1.62. The van der Waals surface area contributed by atoms with E-state index in [1.165, 1.54) is 11.0 Å². The van der Waals surface area contributed by atoms with Crippen LogP contribution < -0.4 is 5.48 Å². The van der Waals surface area contributed by atoms with Crippen LogP contribution in [-0.2, 0) is 64.0 Å². The molecule has 1 amide bonds. The molecule has 2 rings (SSSR count). The molecule has 0 radical (unpaired) electrons. The molecule has 1 aromatic carbocycles. The minimum atomic E-state index is -4.15. The summed E-state index contributed by atoms with van der Waals surface area (Å²) in [5.74, 6) is -1.08. The van der Waals surface area contributed by atoms with E-state index in [4.69, 9.17) is 5.21 Å². The molecule has 1 fully saturated rings. The summed E-state index contributed by atoms with van der Waals surface area (Å²) in [7, 11) is -7.63. The van der Waals surface area contributed by atoms with Gasteiger partial charge < -0.3 is 13.8 Å². The standard InChI is InChI=1S/C11H21N3O6S2.C8H9.Y/c1-4-13(5-2)22(19,20)11(10(15)12-16)6-8-14(9-7-11)21(3,17)18;1-2-8-6-4-3-5-7-8;/h16H,1-2,4-9H2,3H3,(H,12,15);4-7H,2H2,1H3;/q-2;-1;+3. The fourth-order valence-corrected chi connectivity index (χ4v) is 5.94. The van der Waals surface area contributed by atoms with Gasteiger partial charge in [0, 0.05) is 13.1 Å². The maximum absolute atomic E-state index is 12.7. The van der Waals surface area contributed by atoms with Crippen molar-refractivity contribution in [3.63, 3.8) is 0 Å². The largest absolute Gasteiger partial charge is 3.00 e. The van der Waals surface area contributed by atoms with Crippen LogP contribution in [0.5, 0.6) is 0 Å². The molecule has 1 heterocycles. The third-order valence-corrected chi connectivity index (χ3v) is 8.97. The van der Waals surface area contributed by atoms with Gasteiger partial charge in [-0.25, -0.2) is 26.6 Å². The predicted octanol–water partition coefficient (Wildman–Crippen LogP) is 0.633. The van der Waals surface area contributed by atoms with Crippen molar-refractivity contribution in [1.29, 1.82) is 0 Å². The summed E-state index contributed by atoms with van der Waals surface area (Å²) < 4.78 is 48.6. The first-order valence-corrected chi connectivity index (χ1v) is 12.7. The molecule has 0 saturated carbocycles. The number of rotatable bonds is 7. The maximum atomic E-state index is 12.7. The first kappa shape index (κ1) is 30.6. The van der Waals surface area contributed by atoms with E-state index in [9.17, 15) is 21.6 Å². The van der Waals surface area contributed by atoms with E-state index in [1.807, 2.05) is 12.1 Å². The van der Waals surface area contributed by atoms with Gasteiger partial charge >= 0.3 is 32.7 Å². The van der Waals surface area contributed by atoms with Crippen LogP contribution in [0.25, 0.3) is 0 Å². The van der Waals surface area contributed by atoms with E-state index in [-0.39, 0.29) is 71.7 Å². The van der Waals surface area contributed by atoms with Gasteiger partial charge in [-0.2, -0.15) is 35.9 Å². The summed E-state index contributed by atoms with van der Waals surface area (Å²) in [6.45, 7) is 8.63. The monoisotopic (exact) mass is 549 g/mol. The summed E-state index contributed by atoms with van der Waals surface area (Å²) in [5, 5.41) is 8.92. The summed E-state index contributed by atoms with van der Waals surface area (Å²) in [5.41, 5.74) is 2.76. The summed E-state index contributed by atoms with van der Waals surface area (Å²) in [6, 6.07) is 11.0. The molecular formula is C19H30N3O6S2Y. The molecule has 1 saturated heterocycles. The van der Waals surface area contributed by atoms with Gasteiger partial charge in [0.05, 0.1) is 6.26 Å². The molecular weight excluding hydrogens is 519 g/mol. The van der Waals surface area contributed by atoms with E-state index >= 15 is 0 Å². The zero-order valence-corrected chi connectivity index (χ0v) is 22.4. The molecule has 0 unspecified atom stereocenters. The van der Waals surface area contributed by atoms with E-state index < -0.39 is 30.7 Å². The van der Waals surface area contributed by atoms with Crippen molar-refractivity contribution < 1.29 is 59.5 Å². The summed E-state index contributed by atoms with van der Waals surface area (Å²) in [4.78, 5) is 12.1. The average molecular weight is 550 g/mol. The number of benzene rings is 1. The van der Waals surface area contributed by atoms with Crippen LogP contribution in [0.4, 0.5) is 0 Å². The summed E-state index contributed by atoms with van der Waals surface area (Å²) >= 11 is 0. The Hall–Kier alpha value is -0.426. The van der Waals surface area contributed by atoms with E-state index in [2.05, 4.69) is 39.0 Å². The van der Waals surface area contributed by atoms with Crippen LogP contribution in [0, 0.1) is 19.9 Å². The molecule has 1 aliphatic heterocycles. The molecule has 1 aromatic rings. The van der Waals surface area contributed by atoms with Crippen LogP contribution in [0.15, 0.2) is 24.3 Å². The maximum Gasteiger partial charge on any atom is 3.00 e. The quantitative estimate of drug-likeness (QED) is 0.292. The Bertz CT molecular complexity index is 882. The first-order valence-electron chi connectivity index (χ1n) is 9.43. The normalized spacial score (nSPS) is 16.6. The number of aryl methyl sites for hydroxylation is 1. The van der Waals surface area contributed by atoms with Crippen LogP contribution in [0.3, 0.4) is 0 Å². The second-order valence-electron chi connectivity index (χ2n) is 6.76. The third-order valence-electron chi connectivity index (χ3n) is 5.04. The molecule has 1 aliphatic rings. The number of carbonyl (C=O) groups excluding carboxylic acids is 1. The second kappa shape index (κ2) is 13.3. The predicted molar refractivity (Wildman–Crippen MR) is 114 cm³/mol. The fraction of sp³-hybridized carbons (Fsp3) is 0.526. The SMILES string of the molecule is CCc1cc[c-]cc1.[CH2-]CN(C[CH2-])S(=O)(=O)C1(C(=O)NO)CCN(S(C)(=O)=O)CC1.[Y+3]. The topological polar surface area (TPSA) is 124 Å². The Morgan fingerprint density at radius 3 is 2.00 bits per heavy atom. The minimum Gasteiger partial charge on any atom is -0.329 e. The van der Waals surface area contributed by atoms with Crippen molar-refractivity contribution in [2.75, 3.05) is 32.4 Å². The average Bonchev–Trinajstić information content (AvgIpc) is 2.74. The molecule has 31 heavy (non-hydrogen) atoms. The molecule has 0 spiro atoms. The van der Waals surface area contributed by atoms with Gasteiger partial charge in [0.1, 0.15) is 0 Å². The van der Waals surface area contributed by atoms with Crippen LogP contribution >= 0.6 is 0 Å².